The average molecular weight is 362 g/mol. The highest BCUT2D eigenvalue weighted by atomic mass is 19.1. The van der Waals surface area contributed by atoms with E-state index in [1.807, 2.05) is 0 Å². The van der Waals surface area contributed by atoms with Gasteiger partial charge >= 0.3 is 5.97 Å². The van der Waals surface area contributed by atoms with Gasteiger partial charge in [-0.05, 0) is 37.8 Å². The minimum absolute atomic E-state index is 0.0272. The highest BCUT2D eigenvalue weighted by molar-refractivity contribution is 6.00. The number of rotatable bonds is 5. The SMILES string of the molecule is O=C(O)CCC1CCCCN1C(=O)C1CC(=O)N(c2ccccc2F)C1. The Morgan fingerprint density at radius 2 is 2.00 bits per heavy atom. The van der Waals surface area contributed by atoms with Crippen LogP contribution >= 0.6 is 0 Å². The second kappa shape index (κ2) is 7.85. The van der Waals surface area contributed by atoms with Crippen molar-refractivity contribution in [2.45, 2.75) is 44.6 Å². The summed E-state index contributed by atoms with van der Waals surface area (Å²) in [5.41, 5.74) is 0.203. The molecule has 2 atom stereocenters. The third-order valence-corrected chi connectivity index (χ3v) is 5.22. The maximum absolute atomic E-state index is 14.0. The van der Waals surface area contributed by atoms with Crippen molar-refractivity contribution in [3.8, 4) is 0 Å². The summed E-state index contributed by atoms with van der Waals surface area (Å²) < 4.78 is 14.0. The molecule has 0 spiro atoms. The summed E-state index contributed by atoms with van der Waals surface area (Å²) >= 11 is 0. The molecular weight excluding hydrogens is 339 g/mol. The number of carboxylic acids is 1. The number of anilines is 1. The van der Waals surface area contributed by atoms with Crippen LogP contribution in [0.4, 0.5) is 10.1 Å². The first-order valence-corrected chi connectivity index (χ1v) is 9.04. The lowest BCUT2D eigenvalue weighted by molar-refractivity contribution is -0.142. The maximum atomic E-state index is 14.0. The molecule has 3 rings (SSSR count). The molecule has 6 nitrogen and oxygen atoms in total. The smallest absolute Gasteiger partial charge is 0.303 e. The standard InChI is InChI=1S/C19H23FN2O4/c20-15-6-1-2-7-16(15)22-12-13(11-17(22)23)19(26)21-10-4-3-5-14(21)8-9-18(24)25/h1-2,6-7,13-14H,3-5,8-12H2,(H,24,25). The van der Waals surface area contributed by atoms with E-state index in [0.717, 1.165) is 19.3 Å². The van der Waals surface area contributed by atoms with Crippen molar-refractivity contribution in [1.29, 1.82) is 0 Å². The zero-order valence-electron chi connectivity index (χ0n) is 14.6. The van der Waals surface area contributed by atoms with Crippen molar-refractivity contribution in [3.63, 3.8) is 0 Å². The van der Waals surface area contributed by atoms with Gasteiger partial charge in [-0.25, -0.2) is 4.39 Å². The van der Waals surface area contributed by atoms with Crippen LogP contribution in [0.2, 0.25) is 0 Å². The van der Waals surface area contributed by atoms with Crippen LogP contribution in [-0.4, -0.2) is 46.9 Å². The number of likely N-dealkylation sites (tertiary alicyclic amines) is 1. The first kappa shape index (κ1) is 18.4. The zero-order chi connectivity index (χ0) is 18.7. The first-order chi connectivity index (χ1) is 12.5. The molecule has 2 aliphatic heterocycles. The Morgan fingerprint density at radius 3 is 2.73 bits per heavy atom. The van der Waals surface area contributed by atoms with Gasteiger partial charge in [-0.1, -0.05) is 12.1 Å². The Hall–Kier alpha value is -2.44. The number of nitrogens with zero attached hydrogens (tertiary/aromatic N) is 2. The van der Waals surface area contributed by atoms with E-state index in [9.17, 15) is 18.8 Å². The molecule has 2 fully saturated rings. The van der Waals surface area contributed by atoms with E-state index in [0.29, 0.717) is 13.0 Å². The Bertz CT molecular complexity index is 709. The Labute approximate surface area is 151 Å². The van der Waals surface area contributed by atoms with Gasteiger partial charge in [0, 0.05) is 32.0 Å². The number of aliphatic carboxylic acids is 1. The van der Waals surface area contributed by atoms with Crippen LogP contribution in [0.1, 0.15) is 38.5 Å². The zero-order valence-corrected chi connectivity index (χ0v) is 14.6. The molecular formula is C19H23FN2O4. The molecule has 7 heteroatoms. The number of halogens is 1. The maximum Gasteiger partial charge on any atom is 0.303 e. The van der Waals surface area contributed by atoms with Gasteiger partial charge in [0.2, 0.25) is 11.8 Å². The Morgan fingerprint density at radius 1 is 1.23 bits per heavy atom. The molecule has 2 aliphatic rings. The number of hydrogen-bond acceptors (Lipinski definition) is 3. The predicted molar refractivity (Wildman–Crippen MR) is 93.1 cm³/mol. The first-order valence-electron chi connectivity index (χ1n) is 9.04. The molecule has 0 saturated carbocycles. The molecule has 2 unspecified atom stereocenters. The summed E-state index contributed by atoms with van der Waals surface area (Å²) in [6, 6.07) is 5.96. The average Bonchev–Trinajstić information content (AvgIpc) is 3.01. The van der Waals surface area contributed by atoms with Gasteiger partial charge in [-0.3, -0.25) is 14.4 Å². The summed E-state index contributed by atoms with van der Waals surface area (Å²) in [6.07, 6.45) is 3.16. The van der Waals surface area contributed by atoms with Crippen LogP contribution in [0.5, 0.6) is 0 Å². The van der Waals surface area contributed by atoms with Crippen LogP contribution in [-0.2, 0) is 14.4 Å². The molecule has 2 saturated heterocycles. The second-order valence-corrected chi connectivity index (χ2v) is 6.97. The fourth-order valence-corrected chi connectivity index (χ4v) is 3.89. The predicted octanol–water partition coefficient (Wildman–Crippen LogP) is 2.42. The van der Waals surface area contributed by atoms with Gasteiger partial charge in [0.15, 0.2) is 0 Å². The fraction of sp³-hybridized carbons (Fsp3) is 0.526. The van der Waals surface area contributed by atoms with Crippen molar-refractivity contribution in [2.75, 3.05) is 18.0 Å². The van der Waals surface area contributed by atoms with Gasteiger partial charge in [0.1, 0.15) is 5.82 Å². The number of carboxylic acid groups (broad SMARTS) is 1. The quantitative estimate of drug-likeness (QED) is 0.873. The molecule has 0 aromatic heterocycles. The molecule has 1 aromatic carbocycles. The highest BCUT2D eigenvalue weighted by Gasteiger charge is 2.40. The van der Waals surface area contributed by atoms with E-state index in [4.69, 9.17) is 5.11 Å². The minimum atomic E-state index is -0.871. The third kappa shape index (κ3) is 3.86. The van der Waals surface area contributed by atoms with Gasteiger partial charge < -0.3 is 14.9 Å². The monoisotopic (exact) mass is 362 g/mol. The molecule has 0 radical (unpaired) electrons. The molecule has 0 aliphatic carbocycles. The topological polar surface area (TPSA) is 77.9 Å². The van der Waals surface area contributed by atoms with Gasteiger partial charge in [-0.2, -0.15) is 0 Å². The third-order valence-electron chi connectivity index (χ3n) is 5.22. The fourth-order valence-electron chi connectivity index (χ4n) is 3.89. The Balaban J connectivity index is 1.70. The van der Waals surface area contributed by atoms with Crippen molar-refractivity contribution >= 4 is 23.5 Å². The molecule has 26 heavy (non-hydrogen) atoms. The van der Waals surface area contributed by atoms with E-state index in [1.165, 1.54) is 17.0 Å². The van der Waals surface area contributed by atoms with E-state index >= 15 is 0 Å². The summed E-state index contributed by atoms with van der Waals surface area (Å²) in [4.78, 5) is 39.2. The van der Waals surface area contributed by atoms with Crippen LogP contribution in [0.25, 0.3) is 0 Å². The number of hydrogen-bond donors (Lipinski definition) is 1. The summed E-state index contributed by atoms with van der Waals surface area (Å²) in [5.74, 6) is -2.23. The lowest BCUT2D eigenvalue weighted by atomic mass is 9.95. The molecule has 2 heterocycles. The minimum Gasteiger partial charge on any atom is -0.481 e. The van der Waals surface area contributed by atoms with Crippen molar-refractivity contribution < 1.29 is 23.9 Å². The molecule has 0 bridgehead atoms. The molecule has 1 aromatic rings. The van der Waals surface area contributed by atoms with Crippen molar-refractivity contribution in [2.24, 2.45) is 5.92 Å². The molecule has 2 amide bonds. The lowest BCUT2D eigenvalue weighted by Crippen LogP contribution is -2.47. The van der Waals surface area contributed by atoms with E-state index in [2.05, 4.69) is 0 Å². The van der Waals surface area contributed by atoms with Crippen molar-refractivity contribution in [3.05, 3.63) is 30.1 Å². The van der Waals surface area contributed by atoms with E-state index in [1.54, 1.807) is 17.0 Å². The van der Waals surface area contributed by atoms with Gasteiger partial charge in [0.05, 0.1) is 11.6 Å². The number of carbonyl (C=O) groups is 3. The summed E-state index contributed by atoms with van der Waals surface area (Å²) in [7, 11) is 0. The van der Waals surface area contributed by atoms with Gasteiger partial charge in [0.25, 0.3) is 0 Å². The normalized spacial score (nSPS) is 23.3. The molecule has 1 N–H and O–H groups in total. The Kier molecular flexibility index (Phi) is 5.54. The molecule has 140 valence electrons. The van der Waals surface area contributed by atoms with Crippen LogP contribution in [0.15, 0.2) is 24.3 Å². The second-order valence-electron chi connectivity index (χ2n) is 6.97. The number of carbonyl (C=O) groups excluding carboxylic acids is 2. The number of benzene rings is 1. The van der Waals surface area contributed by atoms with E-state index < -0.39 is 17.7 Å². The number of amides is 2. The summed E-state index contributed by atoms with van der Waals surface area (Å²) in [5, 5.41) is 8.91. The number of piperidine rings is 1. The van der Waals surface area contributed by atoms with Crippen LogP contribution in [0.3, 0.4) is 0 Å². The van der Waals surface area contributed by atoms with E-state index in [-0.39, 0.29) is 42.9 Å². The highest BCUT2D eigenvalue weighted by Crippen LogP contribution is 2.30. The summed E-state index contributed by atoms with van der Waals surface area (Å²) in [6.45, 7) is 0.758. The van der Waals surface area contributed by atoms with Crippen LogP contribution in [0, 0.1) is 11.7 Å². The largest absolute Gasteiger partial charge is 0.481 e. The lowest BCUT2D eigenvalue weighted by Gasteiger charge is -2.37. The van der Waals surface area contributed by atoms with Gasteiger partial charge in [-0.15, -0.1) is 0 Å². The van der Waals surface area contributed by atoms with Crippen molar-refractivity contribution in [1.82, 2.24) is 4.90 Å². The van der Waals surface area contributed by atoms with Crippen LogP contribution < -0.4 is 4.90 Å². The number of para-hydroxylation sites is 1.